The zero-order valence-electron chi connectivity index (χ0n) is 18.1. The first kappa shape index (κ1) is 20.4. The summed E-state index contributed by atoms with van der Waals surface area (Å²) in [7, 11) is 0. The second-order valence-electron chi connectivity index (χ2n) is 8.50. The van der Waals surface area contributed by atoms with E-state index >= 15 is 0 Å². The highest BCUT2D eigenvalue weighted by Crippen LogP contribution is 2.35. The van der Waals surface area contributed by atoms with E-state index in [0.717, 1.165) is 73.9 Å². The van der Waals surface area contributed by atoms with E-state index in [1.807, 2.05) is 29.2 Å². The molecule has 8 nitrogen and oxygen atoms in total. The second kappa shape index (κ2) is 8.55. The Labute approximate surface area is 187 Å². The van der Waals surface area contributed by atoms with Crippen LogP contribution in [0.15, 0.2) is 71.2 Å². The van der Waals surface area contributed by atoms with Crippen LogP contribution in [0.4, 0.5) is 0 Å². The highest BCUT2D eigenvalue weighted by molar-refractivity contribution is 5.98. The lowest BCUT2D eigenvalue weighted by Crippen LogP contribution is -2.47. The summed E-state index contributed by atoms with van der Waals surface area (Å²) in [4.78, 5) is 24.6. The number of aromatic nitrogens is 3. The lowest BCUT2D eigenvalue weighted by molar-refractivity contribution is -0.119. The van der Waals surface area contributed by atoms with E-state index in [2.05, 4.69) is 45.2 Å². The van der Waals surface area contributed by atoms with Crippen molar-refractivity contribution in [2.75, 3.05) is 32.7 Å². The Morgan fingerprint density at radius 3 is 2.78 bits per heavy atom. The molecule has 2 aliphatic heterocycles. The van der Waals surface area contributed by atoms with Crippen LogP contribution in [-0.2, 0) is 4.79 Å². The fraction of sp³-hybridized carbons (Fsp3) is 0.333. The number of hydrogen-bond acceptors (Lipinski definition) is 6. The molecule has 0 bridgehead atoms. The Bertz CT molecular complexity index is 1090. The molecule has 1 N–H and O–H groups in total. The third-order valence-electron chi connectivity index (χ3n) is 6.18. The van der Waals surface area contributed by atoms with E-state index in [4.69, 9.17) is 9.73 Å². The summed E-state index contributed by atoms with van der Waals surface area (Å²) in [6.07, 6.45) is 13.6. The zero-order valence-corrected chi connectivity index (χ0v) is 18.1. The van der Waals surface area contributed by atoms with Gasteiger partial charge in [0.15, 0.2) is 0 Å². The molecule has 2 aromatic heterocycles. The first-order chi connectivity index (χ1) is 15.6. The number of nitrogens with zero attached hydrogens (tertiary/aromatic N) is 5. The van der Waals surface area contributed by atoms with Gasteiger partial charge in [0.1, 0.15) is 5.76 Å². The molecule has 0 aromatic carbocycles. The number of dihydropyridines is 1. The van der Waals surface area contributed by atoms with Crippen molar-refractivity contribution in [2.45, 2.75) is 18.9 Å². The number of carbonyl (C=O) groups is 1. The Hall–Kier alpha value is -3.52. The normalized spacial score (nSPS) is 23.2. The minimum absolute atomic E-state index is 0.278. The molecule has 1 saturated heterocycles. The summed E-state index contributed by atoms with van der Waals surface area (Å²) in [6, 6.07) is 5.73. The maximum absolute atomic E-state index is 10.9. The molecule has 1 aliphatic carbocycles. The minimum Gasteiger partial charge on any atom is -0.439 e. The number of aliphatic imine (C=N–C) groups is 1. The van der Waals surface area contributed by atoms with E-state index in [-0.39, 0.29) is 5.54 Å². The van der Waals surface area contributed by atoms with Crippen LogP contribution in [0.3, 0.4) is 0 Å². The minimum atomic E-state index is -0.278. The summed E-state index contributed by atoms with van der Waals surface area (Å²) in [5.41, 5.74) is 3.82. The number of rotatable bonds is 6. The third kappa shape index (κ3) is 4.27. The topological polar surface area (TPSA) is 86.7 Å². The largest absolute Gasteiger partial charge is 0.439 e. The molecule has 4 heterocycles. The molecular weight excluding hydrogens is 404 g/mol. The van der Waals surface area contributed by atoms with Gasteiger partial charge in [-0.2, -0.15) is 5.10 Å². The fourth-order valence-electron chi connectivity index (χ4n) is 4.22. The van der Waals surface area contributed by atoms with Gasteiger partial charge in [-0.15, -0.1) is 0 Å². The average Bonchev–Trinajstić information content (AvgIpc) is 3.35. The van der Waals surface area contributed by atoms with Gasteiger partial charge >= 0.3 is 0 Å². The summed E-state index contributed by atoms with van der Waals surface area (Å²) in [5.74, 6) is 1.34. The molecular formula is C24H26N6O2. The SMILES string of the molecule is CC12CC=C(Oc3ccc(-c4ccn[nH]4)cn3)C=C1C=CC(CN1CCN(C=O)CC1)=N2. The van der Waals surface area contributed by atoms with Gasteiger partial charge in [0, 0.05) is 62.5 Å². The van der Waals surface area contributed by atoms with Crippen LogP contribution in [0.2, 0.25) is 0 Å². The molecule has 0 spiro atoms. The Kier molecular flexibility index (Phi) is 5.45. The maximum atomic E-state index is 10.9. The van der Waals surface area contributed by atoms with E-state index in [1.165, 1.54) is 0 Å². The van der Waals surface area contributed by atoms with Crippen LogP contribution < -0.4 is 4.74 Å². The molecule has 2 aromatic rings. The molecule has 8 heteroatoms. The molecule has 0 radical (unpaired) electrons. The number of hydrogen-bond donors (Lipinski definition) is 1. The van der Waals surface area contributed by atoms with Crippen molar-refractivity contribution in [1.82, 2.24) is 25.0 Å². The number of aromatic amines is 1. The van der Waals surface area contributed by atoms with Gasteiger partial charge in [0.05, 0.1) is 11.2 Å². The second-order valence-corrected chi connectivity index (χ2v) is 8.50. The van der Waals surface area contributed by atoms with Crippen molar-refractivity contribution in [3.05, 3.63) is 66.2 Å². The number of fused-ring (bicyclic) bond motifs is 1. The number of H-pyrrole nitrogens is 1. The van der Waals surface area contributed by atoms with Gasteiger partial charge < -0.3 is 9.64 Å². The highest BCUT2D eigenvalue weighted by Gasteiger charge is 2.32. The van der Waals surface area contributed by atoms with E-state index < -0.39 is 0 Å². The number of nitrogens with one attached hydrogen (secondary N) is 1. The van der Waals surface area contributed by atoms with Crippen molar-refractivity contribution in [1.29, 1.82) is 0 Å². The van der Waals surface area contributed by atoms with Gasteiger partial charge in [-0.05, 0) is 49.3 Å². The van der Waals surface area contributed by atoms with Crippen molar-refractivity contribution < 1.29 is 9.53 Å². The summed E-state index contributed by atoms with van der Waals surface area (Å²) in [6.45, 7) is 6.31. The Morgan fingerprint density at radius 2 is 2.06 bits per heavy atom. The van der Waals surface area contributed by atoms with Crippen molar-refractivity contribution in [3.8, 4) is 17.1 Å². The number of pyridine rings is 1. The molecule has 1 amide bonds. The summed E-state index contributed by atoms with van der Waals surface area (Å²) < 4.78 is 6.01. The quantitative estimate of drug-likeness (QED) is 0.712. The molecule has 5 rings (SSSR count). The van der Waals surface area contributed by atoms with Crippen LogP contribution in [-0.4, -0.2) is 75.4 Å². The van der Waals surface area contributed by atoms with Gasteiger partial charge in [-0.25, -0.2) is 4.98 Å². The molecule has 32 heavy (non-hydrogen) atoms. The molecule has 1 unspecified atom stereocenters. The predicted octanol–water partition coefficient (Wildman–Crippen LogP) is 2.61. The van der Waals surface area contributed by atoms with Gasteiger partial charge in [0.2, 0.25) is 12.3 Å². The number of carbonyl (C=O) groups excluding carboxylic acids is 1. The van der Waals surface area contributed by atoms with Crippen LogP contribution in [0, 0.1) is 0 Å². The Morgan fingerprint density at radius 1 is 1.19 bits per heavy atom. The van der Waals surface area contributed by atoms with Crippen LogP contribution in [0.5, 0.6) is 5.88 Å². The Balaban J connectivity index is 1.22. The van der Waals surface area contributed by atoms with Gasteiger partial charge in [-0.3, -0.25) is 19.8 Å². The van der Waals surface area contributed by atoms with Crippen molar-refractivity contribution >= 4 is 12.1 Å². The molecule has 3 aliphatic rings. The van der Waals surface area contributed by atoms with E-state index in [0.29, 0.717) is 5.88 Å². The predicted molar refractivity (Wildman–Crippen MR) is 122 cm³/mol. The molecule has 1 atom stereocenters. The highest BCUT2D eigenvalue weighted by atomic mass is 16.5. The number of ether oxygens (including phenoxy) is 1. The van der Waals surface area contributed by atoms with E-state index in [9.17, 15) is 4.79 Å². The smallest absolute Gasteiger partial charge is 0.219 e. The van der Waals surface area contributed by atoms with Crippen molar-refractivity contribution in [2.24, 2.45) is 4.99 Å². The molecule has 164 valence electrons. The number of amides is 1. The van der Waals surface area contributed by atoms with Crippen LogP contribution >= 0.6 is 0 Å². The lowest BCUT2D eigenvalue weighted by atomic mass is 9.82. The van der Waals surface area contributed by atoms with Gasteiger partial charge in [0.25, 0.3) is 0 Å². The lowest BCUT2D eigenvalue weighted by Gasteiger charge is -2.35. The van der Waals surface area contributed by atoms with Crippen LogP contribution in [0.25, 0.3) is 11.3 Å². The fourth-order valence-corrected chi connectivity index (χ4v) is 4.22. The monoisotopic (exact) mass is 430 g/mol. The first-order valence-electron chi connectivity index (χ1n) is 10.9. The molecule has 0 saturated carbocycles. The molecule has 1 fully saturated rings. The third-order valence-corrected chi connectivity index (χ3v) is 6.18. The maximum Gasteiger partial charge on any atom is 0.219 e. The first-order valence-corrected chi connectivity index (χ1v) is 10.9. The van der Waals surface area contributed by atoms with Gasteiger partial charge in [-0.1, -0.05) is 6.08 Å². The summed E-state index contributed by atoms with van der Waals surface area (Å²) >= 11 is 0. The zero-order chi connectivity index (χ0) is 22.0. The van der Waals surface area contributed by atoms with E-state index in [1.54, 1.807) is 12.4 Å². The standard InChI is InChI=1S/C24H26N6O2/c1-24-8-6-21(32-23-5-2-18(15-25-23)22-7-9-26-28-22)14-19(24)3-4-20(27-24)16-29-10-12-30(17-31)13-11-29/h2-7,9,14-15,17H,8,10-13,16H2,1H3,(H,26,28). The van der Waals surface area contributed by atoms with Crippen LogP contribution in [0.1, 0.15) is 13.3 Å². The number of allylic oxidation sites excluding steroid dienone is 1. The average molecular weight is 431 g/mol. The summed E-state index contributed by atoms with van der Waals surface area (Å²) in [5, 5.41) is 6.90. The van der Waals surface area contributed by atoms with Crippen molar-refractivity contribution in [3.63, 3.8) is 0 Å². The number of piperazine rings is 1.